The standard InChI is InChI=1S/C33H42N12O11/c1-17-22(39-43-35)25(47)26(48)33(52-17)56-30-24(41-45-37)31(49-2)54-21(14-46)28(30)55-32-23(40-44-36)29(51-16-19-11-7-4-8-12-19)27(20(53-32)13-38-42-34)50-15-18-9-5-3-6-10-18/h3-12,17,20-33,46-48H,13-16H2,1-2H3/t17-,20-,21-,22-,23-,24-,25+,26-,27-,28-,29-,30-,31-,32-,33+/m1/s1. The van der Waals surface area contributed by atoms with E-state index < -0.39 is 98.5 Å². The Morgan fingerprint density at radius 3 is 1.71 bits per heavy atom. The number of aliphatic hydroxyl groups is 3. The number of hydrogen-bond acceptors (Lipinski definition) is 15. The van der Waals surface area contributed by atoms with Crippen LogP contribution in [0.1, 0.15) is 18.1 Å². The van der Waals surface area contributed by atoms with E-state index in [2.05, 4.69) is 40.1 Å². The molecule has 0 aromatic heterocycles. The van der Waals surface area contributed by atoms with Gasteiger partial charge in [0, 0.05) is 26.8 Å². The van der Waals surface area contributed by atoms with E-state index in [4.69, 9.17) is 43.4 Å². The summed E-state index contributed by atoms with van der Waals surface area (Å²) in [6, 6.07) is 14.5. The molecule has 3 fully saturated rings. The van der Waals surface area contributed by atoms with Crippen molar-refractivity contribution in [3.8, 4) is 0 Å². The minimum atomic E-state index is -1.79. The summed E-state index contributed by atoms with van der Waals surface area (Å²) in [6.07, 6.45) is -16.4. The first-order valence-corrected chi connectivity index (χ1v) is 17.5. The summed E-state index contributed by atoms with van der Waals surface area (Å²) in [5.74, 6) is 0. The van der Waals surface area contributed by atoms with Gasteiger partial charge in [-0.3, -0.25) is 0 Å². The molecule has 0 spiro atoms. The van der Waals surface area contributed by atoms with E-state index in [1.807, 2.05) is 60.7 Å². The van der Waals surface area contributed by atoms with Crippen LogP contribution in [0.2, 0.25) is 0 Å². The van der Waals surface area contributed by atoms with E-state index in [-0.39, 0.29) is 19.8 Å². The van der Waals surface area contributed by atoms with Crippen LogP contribution < -0.4 is 0 Å². The average molecular weight is 783 g/mol. The highest BCUT2D eigenvalue weighted by atomic mass is 16.8. The molecule has 15 atom stereocenters. The highest BCUT2D eigenvalue weighted by molar-refractivity contribution is 5.15. The maximum atomic E-state index is 11.0. The Balaban J connectivity index is 1.53. The van der Waals surface area contributed by atoms with Crippen molar-refractivity contribution in [1.82, 2.24) is 0 Å². The van der Waals surface area contributed by atoms with Gasteiger partial charge in [-0.25, -0.2) is 0 Å². The first-order valence-electron chi connectivity index (χ1n) is 17.5. The van der Waals surface area contributed by atoms with Crippen LogP contribution in [0.25, 0.3) is 41.8 Å². The van der Waals surface area contributed by atoms with Crippen molar-refractivity contribution < 1.29 is 53.2 Å². The zero-order chi connectivity index (χ0) is 40.0. The van der Waals surface area contributed by atoms with Gasteiger partial charge in [0.1, 0.15) is 48.7 Å². The minimum Gasteiger partial charge on any atom is -0.394 e. The molecule has 3 heterocycles. The maximum Gasteiger partial charge on any atom is 0.186 e. The van der Waals surface area contributed by atoms with E-state index in [1.165, 1.54) is 14.0 Å². The molecule has 0 radical (unpaired) electrons. The van der Waals surface area contributed by atoms with Crippen molar-refractivity contribution in [1.29, 1.82) is 0 Å². The number of nitrogens with zero attached hydrogens (tertiary/aromatic N) is 12. The van der Waals surface area contributed by atoms with Gasteiger partial charge in [0.2, 0.25) is 0 Å². The van der Waals surface area contributed by atoms with E-state index in [0.717, 1.165) is 11.1 Å². The van der Waals surface area contributed by atoms with Gasteiger partial charge in [0.25, 0.3) is 0 Å². The Hall–Kier alpha value is -4.76. The SMILES string of the molecule is CO[C@@H]1O[C@H](CO)[C@@H](O[C@H]2O[C@H](CN=[N+]=[N-])[C@@H](OCc3ccccc3)[C@H](OCc3ccccc3)[C@H]2N=[N+]=[N-])[C@H](O[C@@H]2O[C@H](C)[C@@H](N=[N+]=[N-])[C@H](O)[C@H]2O)[C@H]1N=[N+]=[N-]. The Bertz CT molecular complexity index is 1750. The highest BCUT2D eigenvalue weighted by Crippen LogP contribution is 2.37. The van der Waals surface area contributed by atoms with Crippen LogP contribution in [-0.4, -0.2) is 128 Å². The third-order valence-electron chi connectivity index (χ3n) is 9.48. The molecule has 2 aromatic rings. The molecule has 3 aliphatic heterocycles. The topological polar surface area (TPSA) is 330 Å². The van der Waals surface area contributed by atoms with Crippen molar-refractivity contribution in [2.45, 2.75) is 112 Å². The Morgan fingerprint density at radius 1 is 0.625 bits per heavy atom. The van der Waals surface area contributed by atoms with Crippen molar-refractivity contribution >= 4 is 0 Å². The van der Waals surface area contributed by atoms with Crippen LogP contribution in [0, 0.1) is 0 Å². The third-order valence-corrected chi connectivity index (χ3v) is 9.48. The molecule has 23 nitrogen and oxygen atoms in total. The number of hydrogen-bond donors (Lipinski definition) is 3. The van der Waals surface area contributed by atoms with Crippen molar-refractivity contribution in [3.63, 3.8) is 0 Å². The molecule has 300 valence electrons. The Morgan fingerprint density at radius 2 is 1.16 bits per heavy atom. The number of ether oxygens (including phenoxy) is 8. The number of aliphatic hydroxyl groups excluding tert-OH is 3. The van der Waals surface area contributed by atoms with Crippen LogP contribution in [0.4, 0.5) is 0 Å². The lowest BCUT2D eigenvalue weighted by atomic mass is 9.94. The summed E-state index contributed by atoms with van der Waals surface area (Å²) in [5.41, 5.74) is 39.3. The first kappa shape index (κ1) is 42.4. The lowest BCUT2D eigenvalue weighted by molar-refractivity contribution is -0.357. The van der Waals surface area contributed by atoms with Gasteiger partial charge < -0.3 is 53.2 Å². The zero-order valence-corrected chi connectivity index (χ0v) is 30.2. The first-order chi connectivity index (χ1) is 27.3. The quantitative estimate of drug-likeness (QED) is 0.118. The second kappa shape index (κ2) is 21.0. The molecule has 3 saturated heterocycles. The van der Waals surface area contributed by atoms with Crippen molar-refractivity contribution in [2.75, 3.05) is 20.3 Å². The normalized spacial score (nSPS) is 35.5. The monoisotopic (exact) mass is 782 g/mol. The Labute approximate surface area is 319 Å². The molecule has 5 rings (SSSR count). The fourth-order valence-corrected chi connectivity index (χ4v) is 6.77. The van der Waals surface area contributed by atoms with E-state index >= 15 is 0 Å². The smallest absolute Gasteiger partial charge is 0.186 e. The molecule has 0 unspecified atom stereocenters. The predicted molar refractivity (Wildman–Crippen MR) is 190 cm³/mol. The molecule has 56 heavy (non-hydrogen) atoms. The molecular weight excluding hydrogens is 740 g/mol. The van der Waals surface area contributed by atoms with E-state index in [0.29, 0.717) is 0 Å². The fraction of sp³-hybridized carbons (Fsp3) is 0.636. The lowest BCUT2D eigenvalue weighted by Gasteiger charge is -2.50. The summed E-state index contributed by atoms with van der Waals surface area (Å²) in [6.45, 7) is 0.567. The molecule has 0 amide bonds. The predicted octanol–water partition coefficient (Wildman–Crippen LogP) is 3.83. The van der Waals surface area contributed by atoms with Gasteiger partial charge in [-0.15, -0.1) is 0 Å². The lowest BCUT2D eigenvalue weighted by Crippen LogP contribution is -2.66. The summed E-state index contributed by atoms with van der Waals surface area (Å²) in [4.78, 5) is 11.6. The van der Waals surface area contributed by atoms with Crippen LogP contribution in [0.15, 0.2) is 81.1 Å². The molecule has 0 saturated carbocycles. The van der Waals surface area contributed by atoms with Crippen molar-refractivity contribution in [3.05, 3.63) is 114 Å². The summed E-state index contributed by atoms with van der Waals surface area (Å²) in [7, 11) is 1.26. The Kier molecular flexibility index (Phi) is 15.9. The average Bonchev–Trinajstić information content (AvgIpc) is 3.22. The minimum absolute atomic E-state index is 0.0232. The molecule has 3 N–H and O–H groups in total. The molecule has 0 bridgehead atoms. The van der Waals surface area contributed by atoms with Gasteiger partial charge in [-0.1, -0.05) is 81.1 Å². The van der Waals surface area contributed by atoms with Crippen molar-refractivity contribution in [2.24, 2.45) is 20.5 Å². The highest BCUT2D eigenvalue weighted by Gasteiger charge is 2.55. The summed E-state index contributed by atoms with van der Waals surface area (Å²) in [5, 5.41) is 47.5. The molecule has 3 aliphatic rings. The number of rotatable bonds is 17. The van der Waals surface area contributed by atoms with E-state index in [1.54, 1.807) is 0 Å². The van der Waals surface area contributed by atoms with Gasteiger partial charge in [-0.05, 0) is 40.2 Å². The van der Waals surface area contributed by atoms with Gasteiger partial charge in [0.15, 0.2) is 18.9 Å². The molecule has 23 heteroatoms. The second-order valence-electron chi connectivity index (χ2n) is 12.9. The number of methoxy groups -OCH3 is 1. The van der Waals surface area contributed by atoms with Crippen LogP contribution in [0.5, 0.6) is 0 Å². The third kappa shape index (κ3) is 10.2. The molecular formula is C33H42N12O11. The molecule has 0 aliphatic carbocycles. The summed E-state index contributed by atoms with van der Waals surface area (Å²) < 4.78 is 49.1. The fourth-order valence-electron chi connectivity index (χ4n) is 6.77. The van der Waals surface area contributed by atoms with E-state index in [9.17, 15) is 31.9 Å². The van der Waals surface area contributed by atoms with Crippen LogP contribution in [-0.2, 0) is 51.1 Å². The number of benzene rings is 2. The summed E-state index contributed by atoms with van der Waals surface area (Å²) >= 11 is 0. The van der Waals surface area contributed by atoms with Crippen LogP contribution >= 0.6 is 0 Å². The van der Waals surface area contributed by atoms with Gasteiger partial charge in [-0.2, -0.15) is 0 Å². The maximum absolute atomic E-state index is 11.0. The number of azide groups is 4. The van der Waals surface area contributed by atoms with Crippen LogP contribution in [0.3, 0.4) is 0 Å². The molecule has 2 aromatic carbocycles. The zero-order valence-electron chi connectivity index (χ0n) is 30.2. The largest absolute Gasteiger partial charge is 0.394 e. The second-order valence-corrected chi connectivity index (χ2v) is 12.9. The van der Waals surface area contributed by atoms with Gasteiger partial charge in [0.05, 0.1) is 50.7 Å². The van der Waals surface area contributed by atoms with Gasteiger partial charge >= 0.3 is 0 Å².